The highest BCUT2D eigenvalue weighted by Gasteiger charge is 1.96. The Bertz CT molecular complexity index is 233. The van der Waals surface area contributed by atoms with Crippen LogP contribution >= 0.6 is 0 Å². The van der Waals surface area contributed by atoms with Crippen molar-refractivity contribution in [3.8, 4) is 0 Å². The maximum Gasteiger partial charge on any atom is 0.155 e. The van der Waals surface area contributed by atoms with Crippen molar-refractivity contribution >= 4 is 12.4 Å². The number of nitrogens with one attached hydrogen (secondary N) is 1. The number of allylic oxidation sites excluding steroid dienone is 1. The number of hydrogen-bond acceptors (Lipinski definition) is 2. The van der Waals surface area contributed by atoms with Gasteiger partial charge in [0.15, 0.2) is 5.82 Å². The molecule has 0 spiro atoms. The van der Waals surface area contributed by atoms with Crippen LogP contribution in [0, 0.1) is 0 Å². The van der Waals surface area contributed by atoms with Gasteiger partial charge in [0.1, 0.15) is 5.70 Å². The molecular weight excluding hydrogens is 126 g/mol. The van der Waals surface area contributed by atoms with Crippen LogP contribution in [0.1, 0.15) is 12.7 Å². The first-order valence-corrected chi connectivity index (χ1v) is 3.01. The highest BCUT2D eigenvalue weighted by Crippen LogP contribution is 2.07. The topological polar surface area (TPSA) is 41.0 Å². The lowest BCUT2D eigenvalue weighted by Crippen LogP contribution is -1.81. The van der Waals surface area contributed by atoms with Gasteiger partial charge < -0.3 is 4.98 Å². The van der Waals surface area contributed by atoms with Crippen LogP contribution in [-0.4, -0.2) is 16.7 Å². The minimum atomic E-state index is 0.762. The van der Waals surface area contributed by atoms with Crippen molar-refractivity contribution in [2.24, 2.45) is 4.99 Å². The summed E-state index contributed by atoms with van der Waals surface area (Å²) in [6, 6.07) is 0. The summed E-state index contributed by atoms with van der Waals surface area (Å²) < 4.78 is 0. The van der Waals surface area contributed by atoms with E-state index < -0.39 is 0 Å². The zero-order chi connectivity index (χ0) is 7.40. The van der Waals surface area contributed by atoms with Crippen LogP contribution in [0.3, 0.4) is 0 Å². The first-order valence-electron chi connectivity index (χ1n) is 3.01. The lowest BCUT2D eigenvalue weighted by atomic mass is 10.4. The first-order chi connectivity index (χ1) is 4.88. The summed E-state index contributed by atoms with van der Waals surface area (Å²) >= 11 is 0. The summed E-state index contributed by atoms with van der Waals surface area (Å²) in [5.41, 5.74) is 0.782. The van der Waals surface area contributed by atoms with Crippen molar-refractivity contribution in [1.29, 1.82) is 0 Å². The summed E-state index contributed by atoms with van der Waals surface area (Å²) in [4.78, 5) is 10.7. The Labute approximate surface area is 59.5 Å². The number of aromatic nitrogens is 2. The van der Waals surface area contributed by atoms with Crippen molar-refractivity contribution in [1.82, 2.24) is 9.97 Å². The van der Waals surface area contributed by atoms with E-state index in [0.29, 0.717) is 0 Å². The SMILES string of the molecule is C=N/C(=C\C)c1ncc[nH]1. The fraction of sp³-hybridized carbons (Fsp3) is 0.143. The number of H-pyrrole nitrogens is 1. The van der Waals surface area contributed by atoms with Gasteiger partial charge in [0, 0.05) is 12.4 Å². The molecule has 1 aromatic rings. The van der Waals surface area contributed by atoms with E-state index >= 15 is 0 Å². The standard InChI is InChI=1S/C7H9N3/c1-3-6(8-2)7-9-4-5-10-7/h3-5H,2H2,1H3,(H,9,10)/b6-3-. The molecule has 0 atom stereocenters. The molecule has 3 nitrogen and oxygen atoms in total. The van der Waals surface area contributed by atoms with Gasteiger partial charge in [0.05, 0.1) is 0 Å². The third-order valence-electron chi connectivity index (χ3n) is 1.18. The molecule has 0 saturated heterocycles. The molecule has 1 rings (SSSR count). The largest absolute Gasteiger partial charge is 0.343 e. The van der Waals surface area contributed by atoms with Crippen LogP contribution in [0.5, 0.6) is 0 Å². The van der Waals surface area contributed by atoms with Crippen molar-refractivity contribution in [3.63, 3.8) is 0 Å². The number of rotatable bonds is 2. The van der Waals surface area contributed by atoms with Gasteiger partial charge >= 0.3 is 0 Å². The summed E-state index contributed by atoms with van der Waals surface area (Å²) in [6.45, 7) is 5.30. The monoisotopic (exact) mass is 135 g/mol. The molecule has 0 bridgehead atoms. The van der Waals surface area contributed by atoms with Crippen molar-refractivity contribution < 1.29 is 0 Å². The molecule has 1 N–H and O–H groups in total. The molecule has 0 saturated carbocycles. The molecule has 52 valence electrons. The molecule has 0 fully saturated rings. The maximum atomic E-state index is 4.00. The van der Waals surface area contributed by atoms with Gasteiger partial charge in [0.2, 0.25) is 0 Å². The molecule has 0 aliphatic rings. The van der Waals surface area contributed by atoms with E-state index in [4.69, 9.17) is 0 Å². The predicted molar refractivity (Wildman–Crippen MR) is 41.8 cm³/mol. The fourth-order valence-electron chi connectivity index (χ4n) is 0.708. The smallest absolute Gasteiger partial charge is 0.155 e. The number of nitrogens with zero attached hydrogens (tertiary/aromatic N) is 2. The van der Waals surface area contributed by atoms with Crippen LogP contribution in [-0.2, 0) is 0 Å². The number of hydrogen-bond donors (Lipinski definition) is 1. The van der Waals surface area contributed by atoms with E-state index in [1.807, 2.05) is 13.0 Å². The number of aromatic amines is 1. The van der Waals surface area contributed by atoms with Gasteiger partial charge in [0.25, 0.3) is 0 Å². The van der Waals surface area contributed by atoms with Crippen molar-refractivity contribution in [2.75, 3.05) is 0 Å². The van der Waals surface area contributed by atoms with Crippen LogP contribution in [0.2, 0.25) is 0 Å². The average molecular weight is 135 g/mol. The lowest BCUT2D eigenvalue weighted by Gasteiger charge is -1.91. The summed E-state index contributed by atoms with van der Waals surface area (Å²) in [6.07, 6.45) is 5.29. The molecule has 0 aliphatic carbocycles. The van der Waals surface area contributed by atoms with Crippen LogP contribution in [0.25, 0.3) is 5.70 Å². The Hall–Kier alpha value is -1.38. The molecule has 0 radical (unpaired) electrons. The molecule has 3 heteroatoms. The minimum Gasteiger partial charge on any atom is -0.343 e. The van der Waals surface area contributed by atoms with Crippen molar-refractivity contribution in [2.45, 2.75) is 6.92 Å². The highest BCUT2D eigenvalue weighted by molar-refractivity contribution is 5.62. The molecular formula is C7H9N3. The highest BCUT2D eigenvalue weighted by atomic mass is 14.9. The molecule has 0 aliphatic heterocycles. The Kier molecular flexibility index (Phi) is 1.99. The molecule has 0 amide bonds. The summed E-state index contributed by atoms with van der Waals surface area (Å²) in [5.74, 6) is 0.762. The van der Waals surface area contributed by atoms with E-state index in [-0.39, 0.29) is 0 Å². The average Bonchev–Trinajstić information content (AvgIpc) is 2.43. The second-order valence-electron chi connectivity index (χ2n) is 1.77. The van der Waals surface area contributed by atoms with Crippen LogP contribution in [0.4, 0.5) is 0 Å². The van der Waals surface area contributed by atoms with Crippen LogP contribution < -0.4 is 0 Å². The minimum absolute atomic E-state index is 0.762. The molecule has 0 unspecified atom stereocenters. The van der Waals surface area contributed by atoms with E-state index in [1.54, 1.807) is 12.4 Å². The van der Waals surface area contributed by atoms with Gasteiger partial charge in [-0.2, -0.15) is 0 Å². The van der Waals surface area contributed by atoms with E-state index in [9.17, 15) is 0 Å². The molecule has 1 aromatic heterocycles. The zero-order valence-corrected chi connectivity index (χ0v) is 5.83. The van der Waals surface area contributed by atoms with E-state index in [2.05, 4.69) is 21.7 Å². The first kappa shape index (κ1) is 6.74. The Morgan fingerprint density at radius 3 is 3.10 bits per heavy atom. The summed E-state index contributed by atoms with van der Waals surface area (Å²) in [5, 5.41) is 0. The second kappa shape index (κ2) is 2.96. The van der Waals surface area contributed by atoms with Crippen molar-refractivity contribution in [3.05, 3.63) is 24.3 Å². The molecule has 1 heterocycles. The van der Waals surface area contributed by atoms with Gasteiger partial charge in [-0.3, -0.25) is 4.99 Å². The second-order valence-corrected chi connectivity index (χ2v) is 1.77. The Morgan fingerprint density at radius 2 is 2.70 bits per heavy atom. The van der Waals surface area contributed by atoms with E-state index in [1.165, 1.54) is 0 Å². The van der Waals surface area contributed by atoms with E-state index in [0.717, 1.165) is 11.5 Å². The quantitative estimate of drug-likeness (QED) is 0.613. The van der Waals surface area contributed by atoms with Gasteiger partial charge in [-0.1, -0.05) is 6.08 Å². The Balaban J connectivity index is 2.95. The maximum absolute atomic E-state index is 4.00. The third-order valence-corrected chi connectivity index (χ3v) is 1.18. The fourth-order valence-corrected chi connectivity index (χ4v) is 0.708. The molecule has 0 aromatic carbocycles. The number of imidazole rings is 1. The summed E-state index contributed by atoms with van der Waals surface area (Å²) in [7, 11) is 0. The van der Waals surface area contributed by atoms with Gasteiger partial charge in [-0.05, 0) is 13.6 Å². The predicted octanol–water partition coefficient (Wildman–Crippen LogP) is 1.47. The lowest BCUT2D eigenvalue weighted by molar-refractivity contribution is 1.22. The van der Waals surface area contributed by atoms with Crippen LogP contribution in [0.15, 0.2) is 23.5 Å². The van der Waals surface area contributed by atoms with Gasteiger partial charge in [-0.15, -0.1) is 0 Å². The zero-order valence-electron chi connectivity index (χ0n) is 5.83. The third kappa shape index (κ3) is 1.13. The Morgan fingerprint density at radius 1 is 1.90 bits per heavy atom. The molecule has 10 heavy (non-hydrogen) atoms. The number of aliphatic imine (C=N–C) groups is 1. The van der Waals surface area contributed by atoms with Gasteiger partial charge in [-0.25, -0.2) is 4.98 Å². The normalized spacial score (nSPS) is 11.5.